The molecule has 1 aromatic heterocycles. The molecule has 9 heteroatoms. The molecule has 1 N–H and O–H groups in total. The van der Waals surface area contributed by atoms with Crippen LogP contribution in [0.15, 0.2) is 21.7 Å². The molecule has 0 aliphatic carbocycles. The van der Waals surface area contributed by atoms with Gasteiger partial charge >= 0.3 is 0 Å². The van der Waals surface area contributed by atoms with Crippen LogP contribution in [0.2, 0.25) is 0 Å². The number of nitrogens with zero attached hydrogens (tertiary/aromatic N) is 2. The smallest absolute Gasteiger partial charge is 0.252 e. The third kappa shape index (κ3) is 2.88. The molecule has 0 bridgehead atoms. The van der Waals surface area contributed by atoms with Crippen molar-refractivity contribution in [3.63, 3.8) is 0 Å². The normalized spacial score (nSPS) is 23.5. The van der Waals surface area contributed by atoms with Crippen LogP contribution in [0.25, 0.3) is 0 Å². The van der Waals surface area contributed by atoms with Gasteiger partial charge in [-0.05, 0) is 17.9 Å². The first kappa shape index (κ1) is 15.4. The minimum Gasteiger partial charge on any atom is -0.344 e. The van der Waals surface area contributed by atoms with Crippen LogP contribution < -0.4 is 5.32 Å². The van der Waals surface area contributed by atoms with Crippen molar-refractivity contribution in [1.29, 1.82) is 0 Å². The number of piperazine rings is 1. The Balaban J connectivity index is 1.61. The van der Waals surface area contributed by atoms with Crippen LogP contribution in [-0.2, 0) is 19.6 Å². The van der Waals surface area contributed by atoms with Crippen molar-refractivity contribution in [3.8, 4) is 0 Å². The molecular weight excluding hydrogens is 326 g/mol. The highest BCUT2D eigenvalue weighted by molar-refractivity contribution is 7.91. The van der Waals surface area contributed by atoms with Gasteiger partial charge in [0.05, 0.1) is 0 Å². The lowest BCUT2D eigenvalue weighted by Gasteiger charge is -2.34. The number of hydrogen-bond acceptors (Lipinski definition) is 5. The predicted molar refractivity (Wildman–Crippen MR) is 80.8 cm³/mol. The Labute approximate surface area is 132 Å². The molecule has 22 heavy (non-hydrogen) atoms. The van der Waals surface area contributed by atoms with E-state index in [4.69, 9.17) is 0 Å². The molecule has 3 heterocycles. The maximum absolute atomic E-state index is 12.4. The zero-order valence-electron chi connectivity index (χ0n) is 11.9. The van der Waals surface area contributed by atoms with Gasteiger partial charge in [0, 0.05) is 32.6 Å². The first-order valence-electron chi connectivity index (χ1n) is 7.10. The summed E-state index contributed by atoms with van der Waals surface area (Å²) in [6, 6.07) is 2.85. The van der Waals surface area contributed by atoms with Crippen LogP contribution in [0.4, 0.5) is 0 Å². The summed E-state index contributed by atoms with van der Waals surface area (Å²) in [5, 5.41) is 4.39. The summed E-state index contributed by atoms with van der Waals surface area (Å²) in [6.45, 7) is 1.28. The van der Waals surface area contributed by atoms with Crippen LogP contribution in [0.1, 0.15) is 12.8 Å². The summed E-state index contributed by atoms with van der Waals surface area (Å²) in [5.74, 6) is -0.212. The first-order valence-corrected chi connectivity index (χ1v) is 9.42. The van der Waals surface area contributed by atoms with E-state index in [-0.39, 0.29) is 24.9 Å². The average Bonchev–Trinajstić information content (AvgIpc) is 3.18. The largest absolute Gasteiger partial charge is 0.344 e. The number of carbonyl (C=O) groups excluding carboxylic acids is 2. The Hall–Kier alpha value is -1.45. The molecule has 2 saturated heterocycles. The van der Waals surface area contributed by atoms with Gasteiger partial charge in [0.15, 0.2) is 0 Å². The topological polar surface area (TPSA) is 86.8 Å². The quantitative estimate of drug-likeness (QED) is 0.828. The van der Waals surface area contributed by atoms with E-state index in [0.29, 0.717) is 30.1 Å². The van der Waals surface area contributed by atoms with Gasteiger partial charge in [0.1, 0.15) is 10.3 Å². The molecule has 1 atom stereocenters. The monoisotopic (exact) mass is 343 g/mol. The molecule has 1 aromatic rings. The summed E-state index contributed by atoms with van der Waals surface area (Å²) in [5.41, 5.74) is 0. The lowest BCUT2D eigenvalue weighted by molar-refractivity contribution is -0.135. The number of carbonyl (C=O) groups is 2. The maximum atomic E-state index is 12.4. The Morgan fingerprint density at radius 1 is 1.27 bits per heavy atom. The summed E-state index contributed by atoms with van der Waals surface area (Å²) in [4.78, 5) is 25.1. The van der Waals surface area contributed by atoms with Gasteiger partial charge in [-0.25, -0.2) is 8.42 Å². The van der Waals surface area contributed by atoms with Crippen LogP contribution in [-0.4, -0.2) is 61.7 Å². The molecule has 0 spiro atoms. The summed E-state index contributed by atoms with van der Waals surface area (Å²) >= 11 is 1.19. The molecule has 3 rings (SSSR count). The zero-order chi connectivity index (χ0) is 15.7. The van der Waals surface area contributed by atoms with E-state index in [1.165, 1.54) is 15.6 Å². The van der Waals surface area contributed by atoms with Crippen molar-refractivity contribution in [3.05, 3.63) is 17.5 Å². The minimum atomic E-state index is -3.45. The lowest BCUT2D eigenvalue weighted by atomic mass is 10.2. The van der Waals surface area contributed by atoms with E-state index in [1.807, 2.05) is 0 Å². The second kappa shape index (κ2) is 5.98. The standard InChI is InChI=1S/C13H17N3O4S2/c17-11-4-3-10(14-11)13(18)15-5-7-16(8-6-15)22(19,20)12-2-1-9-21-12/h1-2,9-10H,3-8H2,(H,14,17)/t10-/m0/s1. The van der Waals surface area contributed by atoms with E-state index in [0.717, 1.165) is 0 Å². The molecule has 2 amide bonds. The number of amides is 2. The predicted octanol–water partition coefficient (Wildman–Crippen LogP) is -0.140. The molecule has 0 aromatic carbocycles. The van der Waals surface area contributed by atoms with Crippen molar-refractivity contribution < 1.29 is 18.0 Å². The summed E-state index contributed by atoms with van der Waals surface area (Å²) in [7, 11) is -3.45. The third-order valence-electron chi connectivity index (χ3n) is 3.93. The third-order valence-corrected chi connectivity index (χ3v) is 7.20. The van der Waals surface area contributed by atoms with Crippen molar-refractivity contribution in [2.75, 3.05) is 26.2 Å². The fraction of sp³-hybridized carbons (Fsp3) is 0.538. The van der Waals surface area contributed by atoms with Crippen LogP contribution in [0, 0.1) is 0 Å². The molecular formula is C13H17N3O4S2. The van der Waals surface area contributed by atoms with E-state index >= 15 is 0 Å². The molecule has 2 fully saturated rings. The number of hydrogen-bond donors (Lipinski definition) is 1. The van der Waals surface area contributed by atoms with E-state index in [1.54, 1.807) is 22.4 Å². The van der Waals surface area contributed by atoms with Crippen LogP contribution >= 0.6 is 11.3 Å². The van der Waals surface area contributed by atoms with E-state index in [9.17, 15) is 18.0 Å². The second-order valence-electron chi connectivity index (χ2n) is 5.32. The number of thiophene rings is 1. The molecule has 0 radical (unpaired) electrons. The Bertz CT molecular complexity index is 663. The van der Waals surface area contributed by atoms with Gasteiger partial charge in [-0.2, -0.15) is 4.31 Å². The molecule has 0 unspecified atom stereocenters. The first-order chi connectivity index (χ1) is 10.5. The minimum absolute atomic E-state index is 0.0998. The molecule has 2 aliphatic heterocycles. The Kier molecular flexibility index (Phi) is 4.20. The molecule has 0 saturated carbocycles. The van der Waals surface area contributed by atoms with Crippen molar-refractivity contribution >= 4 is 33.2 Å². The number of rotatable bonds is 3. The molecule has 120 valence electrons. The lowest BCUT2D eigenvalue weighted by Crippen LogP contribution is -2.54. The maximum Gasteiger partial charge on any atom is 0.252 e. The van der Waals surface area contributed by atoms with Crippen molar-refractivity contribution in [1.82, 2.24) is 14.5 Å². The van der Waals surface area contributed by atoms with Gasteiger partial charge in [-0.15, -0.1) is 11.3 Å². The Morgan fingerprint density at radius 3 is 2.55 bits per heavy atom. The van der Waals surface area contributed by atoms with Crippen LogP contribution in [0.3, 0.4) is 0 Å². The highest BCUT2D eigenvalue weighted by atomic mass is 32.2. The van der Waals surface area contributed by atoms with Crippen molar-refractivity contribution in [2.45, 2.75) is 23.1 Å². The average molecular weight is 343 g/mol. The summed E-state index contributed by atoms with van der Waals surface area (Å²) in [6.07, 6.45) is 0.897. The highest BCUT2D eigenvalue weighted by Gasteiger charge is 2.35. The fourth-order valence-electron chi connectivity index (χ4n) is 2.71. The second-order valence-corrected chi connectivity index (χ2v) is 8.43. The fourth-order valence-corrected chi connectivity index (χ4v) is 5.27. The zero-order valence-corrected chi connectivity index (χ0v) is 13.5. The van der Waals surface area contributed by atoms with Gasteiger partial charge in [-0.3, -0.25) is 9.59 Å². The highest BCUT2D eigenvalue weighted by Crippen LogP contribution is 2.22. The van der Waals surface area contributed by atoms with Crippen molar-refractivity contribution in [2.24, 2.45) is 0 Å². The van der Waals surface area contributed by atoms with Gasteiger partial charge < -0.3 is 10.2 Å². The molecule has 7 nitrogen and oxygen atoms in total. The van der Waals surface area contributed by atoms with Crippen LogP contribution in [0.5, 0.6) is 0 Å². The molecule has 2 aliphatic rings. The SMILES string of the molecule is O=C1CC[C@@H](C(=O)N2CCN(S(=O)(=O)c3cccs3)CC2)N1. The summed E-state index contributed by atoms with van der Waals surface area (Å²) < 4.78 is 26.5. The van der Waals surface area contributed by atoms with Gasteiger partial charge in [0.2, 0.25) is 11.8 Å². The van der Waals surface area contributed by atoms with Gasteiger partial charge in [-0.1, -0.05) is 6.07 Å². The Morgan fingerprint density at radius 2 is 2.00 bits per heavy atom. The van der Waals surface area contributed by atoms with E-state index < -0.39 is 16.1 Å². The van der Waals surface area contributed by atoms with E-state index in [2.05, 4.69) is 5.32 Å². The number of nitrogens with one attached hydrogen (secondary N) is 1. The van der Waals surface area contributed by atoms with Gasteiger partial charge in [0.25, 0.3) is 10.0 Å². The number of sulfonamides is 1.